The minimum absolute atomic E-state index is 0.0291. The van der Waals surface area contributed by atoms with Crippen molar-refractivity contribution in [3.63, 3.8) is 0 Å². The molecule has 0 amide bonds. The van der Waals surface area contributed by atoms with E-state index in [1.165, 1.54) is 12.1 Å². The van der Waals surface area contributed by atoms with Crippen LogP contribution in [0.2, 0.25) is 0 Å². The molecule has 1 aromatic rings. The van der Waals surface area contributed by atoms with Crippen molar-refractivity contribution in [1.82, 2.24) is 0 Å². The molecule has 0 spiro atoms. The molecular formula is C14H15N3O3. The first-order valence-electron chi connectivity index (χ1n) is 6.19. The van der Waals surface area contributed by atoms with Gasteiger partial charge in [-0.1, -0.05) is 0 Å². The van der Waals surface area contributed by atoms with E-state index in [2.05, 4.69) is 10.2 Å². The third-order valence-electron chi connectivity index (χ3n) is 3.20. The molecule has 1 atom stereocenters. The van der Waals surface area contributed by atoms with Gasteiger partial charge < -0.3 is 5.11 Å². The SMILES string of the molecule is CC1=CC(O)=C(C)CC1N=Nc1ccc([N+](=O)[O-])cc1. The molecule has 1 N–H and O–H groups in total. The fourth-order valence-electron chi connectivity index (χ4n) is 1.90. The molecule has 0 fully saturated rings. The maximum absolute atomic E-state index is 10.5. The number of nitro benzene ring substituents is 1. The molecule has 0 saturated heterocycles. The van der Waals surface area contributed by atoms with Crippen molar-refractivity contribution in [2.24, 2.45) is 10.2 Å². The van der Waals surface area contributed by atoms with Crippen LogP contribution in [0.3, 0.4) is 0 Å². The average Bonchev–Trinajstić information content (AvgIpc) is 2.42. The lowest BCUT2D eigenvalue weighted by atomic mass is 9.95. The number of non-ortho nitro benzene ring substituents is 1. The molecule has 1 aliphatic rings. The van der Waals surface area contributed by atoms with Crippen LogP contribution in [-0.2, 0) is 0 Å². The Morgan fingerprint density at radius 2 is 1.95 bits per heavy atom. The van der Waals surface area contributed by atoms with E-state index in [-0.39, 0.29) is 11.7 Å². The quantitative estimate of drug-likeness (QED) is 0.507. The van der Waals surface area contributed by atoms with Crippen molar-refractivity contribution in [1.29, 1.82) is 0 Å². The molecule has 104 valence electrons. The second kappa shape index (κ2) is 5.64. The van der Waals surface area contributed by atoms with Gasteiger partial charge in [-0.15, -0.1) is 0 Å². The number of aliphatic hydroxyl groups excluding tert-OH is 1. The molecule has 1 unspecified atom stereocenters. The normalized spacial score (nSPS) is 19.3. The van der Waals surface area contributed by atoms with Gasteiger partial charge in [0.05, 0.1) is 16.7 Å². The summed E-state index contributed by atoms with van der Waals surface area (Å²) in [6, 6.07) is 5.82. The van der Waals surface area contributed by atoms with Gasteiger partial charge in [0.15, 0.2) is 0 Å². The van der Waals surface area contributed by atoms with Crippen LogP contribution in [0.15, 0.2) is 57.5 Å². The summed E-state index contributed by atoms with van der Waals surface area (Å²) in [6.07, 6.45) is 2.32. The van der Waals surface area contributed by atoms with E-state index in [1.54, 1.807) is 18.2 Å². The monoisotopic (exact) mass is 273 g/mol. The van der Waals surface area contributed by atoms with E-state index < -0.39 is 4.92 Å². The van der Waals surface area contributed by atoms with E-state index in [4.69, 9.17) is 0 Å². The van der Waals surface area contributed by atoms with Crippen molar-refractivity contribution >= 4 is 11.4 Å². The van der Waals surface area contributed by atoms with Crippen LogP contribution < -0.4 is 0 Å². The number of allylic oxidation sites excluding steroid dienone is 1. The summed E-state index contributed by atoms with van der Waals surface area (Å²) in [5.41, 5.74) is 2.42. The zero-order valence-electron chi connectivity index (χ0n) is 11.3. The number of rotatable bonds is 3. The smallest absolute Gasteiger partial charge is 0.269 e. The van der Waals surface area contributed by atoms with Gasteiger partial charge in [0.25, 0.3) is 5.69 Å². The molecule has 0 heterocycles. The van der Waals surface area contributed by atoms with Gasteiger partial charge in [0.1, 0.15) is 5.76 Å². The first-order chi connectivity index (χ1) is 9.47. The molecule has 1 aliphatic carbocycles. The fraction of sp³-hybridized carbons (Fsp3) is 0.286. The van der Waals surface area contributed by atoms with E-state index >= 15 is 0 Å². The lowest BCUT2D eigenvalue weighted by molar-refractivity contribution is -0.384. The number of nitro groups is 1. The number of hydrogen-bond donors (Lipinski definition) is 1. The van der Waals surface area contributed by atoms with Crippen LogP contribution in [0.1, 0.15) is 20.3 Å². The lowest BCUT2D eigenvalue weighted by Gasteiger charge is -2.18. The Morgan fingerprint density at radius 1 is 1.30 bits per heavy atom. The summed E-state index contributed by atoms with van der Waals surface area (Å²) in [5, 5.41) is 28.5. The Labute approximate surface area is 116 Å². The van der Waals surface area contributed by atoms with Gasteiger partial charge >= 0.3 is 0 Å². The second-order valence-corrected chi connectivity index (χ2v) is 4.76. The van der Waals surface area contributed by atoms with Gasteiger partial charge in [-0.2, -0.15) is 10.2 Å². The minimum Gasteiger partial charge on any atom is -0.508 e. The second-order valence-electron chi connectivity index (χ2n) is 4.76. The van der Waals surface area contributed by atoms with Crippen molar-refractivity contribution < 1.29 is 10.0 Å². The first-order valence-corrected chi connectivity index (χ1v) is 6.19. The van der Waals surface area contributed by atoms with Crippen molar-refractivity contribution in [3.8, 4) is 0 Å². The predicted molar refractivity (Wildman–Crippen MR) is 75.1 cm³/mol. The maximum atomic E-state index is 10.5. The molecule has 6 heteroatoms. The summed E-state index contributed by atoms with van der Waals surface area (Å²) < 4.78 is 0. The van der Waals surface area contributed by atoms with E-state index in [1.807, 2.05) is 13.8 Å². The van der Waals surface area contributed by atoms with Gasteiger partial charge in [-0.3, -0.25) is 10.1 Å². The van der Waals surface area contributed by atoms with Gasteiger partial charge in [0.2, 0.25) is 0 Å². The minimum atomic E-state index is -0.453. The van der Waals surface area contributed by atoms with Crippen molar-refractivity contribution in [2.45, 2.75) is 26.3 Å². The Bertz CT molecular complexity index is 615. The number of azo groups is 1. The summed E-state index contributed by atoms with van der Waals surface area (Å²) in [4.78, 5) is 10.1. The van der Waals surface area contributed by atoms with Gasteiger partial charge in [-0.25, -0.2) is 0 Å². The predicted octanol–water partition coefficient (Wildman–Crippen LogP) is 4.23. The highest BCUT2D eigenvalue weighted by Crippen LogP contribution is 2.26. The molecule has 2 rings (SSSR count). The Morgan fingerprint density at radius 3 is 2.55 bits per heavy atom. The molecule has 0 aliphatic heterocycles. The molecule has 6 nitrogen and oxygen atoms in total. The van der Waals surface area contributed by atoms with Crippen molar-refractivity contribution in [2.75, 3.05) is 0 Å². The van der Waals surface area contributed by atoms with Crippen LogP contribution in [-0.4, -0.2) is 16.1 Å². The van der Waals surface area contributed by atoms with Crippen LogP contribution in [0.25, 0.3) is 0 Å². The van der Waals surface area contributed by atoms with E-state index in [0.29, 0.717) is 17.9 Å². The average molecular weight is 273 g/mol. The Hall–Kier alpha value is -2.50. The van der Waals surface area contributed by atoms with Crippen LogP contribution in [0, 0.1) is 10.1 Å². The summed E-state index contributed by atoms with van der Waals surface area (Å²) >= 11 is 0. The van der Waals surface area contributed by atoms with Gasteiger partial charge in [0, 0.05) is 12.1 Å². The third-order valence-corrected chi connectivity index (χ3v) is 3.20. The van der Waals surface area contributed by atoms with Crippen molar-refractivity contribution in [3.05, 3.63) is 57.4 Å². The maximum Gasteiger partial charge on any atom is 0.269 e. The van der Waals surface area contributed by atoms with Crippen LogP contribution in [0.5, 0.6) is 0 Å². The van der Waals surface area contributed by atoms with Gasteiger partial charge in [-0.05, 0) is 49.6 Å². The van der Waals surface area contributed by atoms with E-state index in [0.717, 1.165) is 11.1 Å². The number of benzene rings is 1. The summed E-state index contributed by atoms with van der Waals surface area (Å²) in [7, 11) is 0. The molecule has 1 aromatic carbocycles. The highest BCUT2D eigenvalue weighted by molar-refractivity contribution is 5.43. The lowest BCUT2D eigenvalue weighted by Crippen LogP contribution is -2.11. The Kier molecular flexibility index (Phi) is 3.93. The molecule has 20 heavy (non-hydrogen) atoms. The largest absolute Gasteiger partial charge is 0.508 e. The molecule has 0 saturated carbocycles. The van der Waals surface area contributed by atoms with Crippen LogP contribution in [0.4, 0.5) is 11.4 Å². The highest BCUT2D eigenvalue weighted by Gasteiger charge is 2.17. The molecular weight excluding hydrogens is 258 g/mol. The zero-order chi connectivity index (χ0) is 14.7. The first kappa shape index (κ1) is 13.9. The number of aliphatic hydroxyl groups is 1. The molecule has 0 aromatic heterocycles. The highest BCUT2D eigenvalue weighted by atomic mass is 16.6. The van der Waals surface area contributed by atoms with Crippen LogP contribution >= 0.6 is 0 Å². The number of nitrogens with zero attached hydrogens (tertiary/aromatic N) is 3. The Balaban J connectivity index is 2.11. The van der Waals surface area contributed by atoms with E-state index in [9.17, 15) is 15.2 Å². The number of hydrogen-bond acceptors (Lipinski definition) is 5. The zero-order valence-corrected chi connectivity index (χ0v) is 11.3. The fourth-order valence-corrected chi connectivity index (χ4v) is 1.90. The third kappa shape index (κ3) is 3.09. The molecule has 0 bridgehead atoms. The standard InChI is InChI=1S/C14H15N3O3/c1-9-8-14(18)10(2)7-13(9)16-15-11-3-5-12(6-4-11)17(19)20/h3-6,8,13,18H,7H2,1-2H3. The summed E-state index contributed by atoms with van der Waals surface area (Å²) in [6.45, 7) is 3.74. The topological polar surface area (TPSA) is 88.1 Å². The molecule has 0 radical (unpaired) electrons. The summed E-state index contributed by atoms with van der Waals surface area (Å²) in [5.74, 6) is 0.296.